The summed E-state index contributed by atoms with van der Waals surface area (Å²) in [5, 5.41) is 0. The van der Waals surface area contributed by atoms with Gasteiger partial charge in [-0.2, -0.15) is 0 Å². The van der Waals surface area contributed by atoms with E-state index in [1.165, 1.54) is 12.1 Å². The van der Waals surface area contributed by atoms with Gasteiger partial charge in [0.1, 0.15) is 5.82 Å². The molecule has 2 saturated heterocycles. The van der Waals surface area contributed by atoms with Crippen LogP contribution < -0.4 is 0 Å². The number of hydrogen-bond donors (Lipinski definition) is 0. The van der Waals surface area contributed by atoms with Crippen LogP contribution in [-0.2, 0) is 11.3 Å². The van der Waals surface area contributed by atoms with Crippen molar-refractivity contribution in [1.29, 1.82) is 0 Å². The molecule has 0 saturated carbocycles. The first kappa shape index (κ1) is 20.2. The zero-order valence-corrected chi connectivity index (χ0v) is 17.5. The summed E-state index contributed by atoms with van der Waals surface area (Å²) in [5.74, 6) is -0.371. The molecule has 3 aromatic rings. The van der Waals surface area contributed by atoms with E-state index >= 15 is 0 Å². The van der Waals surface area contributed by atoms with Crippen LogP contribution in [0, 0.1) is 5.82 Å². The molecule has 5 rings (SSSR count). The Hall–Kier alpha value is -3.67. The van der Waals surface area contributed by atoms with Gasteiger partial charge in [0, 0.05) is 25.1 Å². The molecule has 2 heterocycles. The lowest BCUT2D eigenvalue weighted by Crippen LogP contribution is -2.39. The summed E-state index contributed by atoms with van der Waals surface area (Å²) in [5.41, 5.74) is 2.66. The number of likely N-dealkylation sites (tertiary alicyclic amines) is 1. The van der Waals surface area contributed by atoms with Crippen LogP contribution in [0.25, 0.3) is 11.1 Å². The summed E-state index contributed by atoms with van der Waals surface area (Å²) in [6.07, 6.45) is 0.200. The Bertz CT molecular complexity index is 1150. The SMILES string of the molecule is O=C1O[C@@]2(CCN(C(=O)c3ccccc3-c3ccccc3)C2)CN1Cc1ccc(F)cc1. The van der Waals surface area contributed by atoms with Gasteiger partial charge in [-0.3, -0.25) is 9.69 Å². The van der Waals surface area contributed by atoms with Crippen molar-refractivity contribution < 1.29 is 18.7 Å². The first-order chi connectivity index (χ1) is 15.5. The lowest BCUT2D eigenvalue weighted by molar-refractivity contribution is 0.0553. The number of carbonyl (C=O) groups excluding carboxylic acids is 2. The number of ether oxygens (including phenoxy) is 1. The number of benzene rings is 3. The van der Waals surface area contributed by atoms with Gasteiger partial charge < -0.3 is 9.64 Å². The molecule has 2 aliphatic rings. The minimum absolute atomic E-state index is 0.0608. The van der Waals surface area contributed by atoms with Gasteiger partial charge in [0.15, 0.2) is 5.60 Å². The van der Waals surface area contributed by atoms with Crippen molar-refractivity contribution in [2.45, 2.75) is 18.6 Å². The van der Waals surface area contributed by atoms with Gasteiger partial charge in [0.2, 0.25) is 0 Å². The first-order valence-electron chi connectivity index (χ1n) is 10.7. The predicted octanol–water partition coefficient (Wildman–Crippen LogP) is 4.73. The molecule has 2 aliphatic heterocycles. The highest BCUT2D eigenvalue weighted by Crippen LogP contribution is 2.35. The third-order valence-electron chi connectivity index (χ3n) is 6.17. The number of rotatable bonds is 4. The fourth-order valence-corrected chi connectivity index (χ4v) is 4.56. The maximum Gasteiger partial charge on any atom is 0.410 e. The molecule has 0 N–H and O–H groups in total. The van der Waals surface area contributed by atoms with Crippen molar-refractivity contribution in [3.05, 3.63) is 95.8 Å². The van der Waals surface area contributed by atoms with Gasteiger partial charge in [-0.1, -0.05) is 60.7 Å². The predicted molar refractivity (Wildman–Crippen MR) is 118 cm³/mol. The number of carbonyl (C=O) groups is 2. The van der Waals surface area contributed by atoms with Crippen LogP contribution in [0.5, 0.6) is 0 Å². The summed E-state index contributed by atoms with van der Waals surface area (Å²) in [7, 11) is 0. The molecule has 32 heavy (non-hydrogen) atoms. The van der Waals surface area contributed by atoms with Crippen molar-refractivity contribution in [2.75, 3.05) is 19.6 Å². The van der Waals surface area contributed by atoms with Crippen molar-refractivity contribution in [1.82, 2.24) is 9.80 Å². The molecule has 0 aromatic heterocycles. The minimum Gasteiger partial charge on any atom is -0.439 e. The third-order valence-corrected chi connectivity index (χ3v) is 6.17. The third kappa shape index (κ3) is 3.84. The molecule has 0 aliphatic carbocycles. The van der Waals surface area contributed by atoms with E-state index < -0.39 is 11.7 Å². The van der Waals surface area contributed by atoms with E-state index in [1.807, 2.05) is 54.6 Å². The van der Waals surface area contributed by atoms with Crippen LogP contribution in [0.4, 0.5) is 9.18 Å². The molecule has 0 radical (unpaired) electrons. The van der Waals surface area contributed by atoms with Crippen molar-refractivity contribution in [3.63, 3.8) is 0 Å². The summed E-state index contributed by atoms with van der Waals surface area (Å²) in [4.78, 5) is 29.3. The Labute approximate surface area is 186 Å². The highest BCUT2D eigenvalue weighted by Gasteiger charge is 2.50. The van der Waals surface area contributed by atoms with Gasteiger partial charge in [0.25, 0.3) is 5.91 Å². The molecule has 6 heteroatoms. The average molecular weight is 430 g/mol. The highest BCUT2D eigenvalue weighted by atomic mass is 19.1. The Morgan fingerprint density at radius 1 is 0.938 bits per heavy atom. The molecule has 5 nitrogen and oxygen atoms in total. The maximum absolute atomic E-state index is 13.4. The molecule has 0 unspecified atom stereocenters. The smallest absolute Gasteiger partial charge is 0.410 e. The van der Waals surface area contributed by atoms with Crippen LogP contribution in [0.2, 0.25) is 0 Å². The van der Waals surface area contributed by atoms with E-state index in [-0.39, 0.29) is 11.7 Å². The fourth-order valence-electron chi connectivity index (χ4n) is 4.56. The van der Waals surface area contributed by atoms with Crippen LogP contribution >= 0.6 is 0 Å². The van der Waals surface area contributed by atoms with E-state index in [0.29, 0.717) is 38.2 Å². The molecule has 2 fully saturated rings. The lowest BCUT2D eigenvalue weighted by atomic mass is 9.99. The number of amides is 2. The second kappa shape index (κ2) is 8.11. The van der Waals surface area contributed by atoms with Crippen molar-refractivity contribution >= 4 is 12.0 Å². The molecule has 3 aromatic carbocycles. The molecule has 162 valence electrons. The number of nitrogens with zero attached hydrogens (tertiary/aromatic N) is 2. The van der Waals surface area contributed by atoms with Crippen LogP contribution in [0.3, 0.4) is 0 Å². The number of halogens is 1. The lowest BCUT2D eigenvalue weighted by Gasteiger charge is -2.23. The average Bonchev–Trinajstić information content (AvgIpc) is 3.37. The zero-order chi connectivity index (χ0) is 22.1. The summed E-state index contributed by atoms with van der Waals surface area (Å²) in [6, 6.07) is 23.5. The van der Waals surface area contributed by atoms with Crippen LogP contribution in [0.15, 0.2) is 78.9 Å². The monoisotopic (exact) mass is 430 g/mol. The maximum atomic E-state index is 13.4. The first-order valence-corrected chi connectivity index (χ1v) is 10.7. The fraction of sp³-hybridized carbons (Fsp3) is 0.231. The van der Waals surface area contributed by atoms with Gasteiger partial charge >= 0.3 is 6.09 Å². The second-order valence-corrected chi connectivity index (χ2v) is 8.42. The Morgan fingerprint density at radius 3 is 2.44 bits per heavy atom. The minimum atomic E-state index is -0.700. The summed E-state index contributed by atoms with van der Waals surface area (Å²) in [6.45, 7) is 1.65. The molecular weight excluding hydrogens is 407 g/mol. The topological polar surface area (TPSA) is 49.9 Å². The van der Waals surface area contributed by atoms with Gasteiger partial charge in [-0.25, -0.2) is 9.18 Å². The van der Waals surface area contributed by atoms with E-state index in [4.69, 9.17) is 4.74 Å². The van der Waals surface area contributed by atoms with Crippen LogP contribution in [0.1, 0.15) is 22.3 Å². The van der Waals surface area contributed by atoms with Gasteiger partial charge in [-0.05, 0) is 34.9 Å². The summed E-state index contributed by atoms with van der Waals surface area (Å²) < 4.78 is 18.9. The standard InChI is InChI=1S/C26H23FN2O3/c27-21-12-10-19(11-13-21)16-29-18-26(32-25(29)31)14-15-28(17-26)24(30)23-9-5-4-8-22(23)20-6-2-1-3-7-20/h1-13H,14-18H2/t26-/m1/s1. The molecule has 0 bridgehead atoms. The Kier molecular flexibility index (Phi) is 5.13. The molecular formula is C26H23FN2O3. The van der Waals surface area contributed by atoms with Gasteiger partial charge in [-0.15, -0.1) is 0 Å². The van der Waals surface area contributed by atoms with Crippen molar-refractivity contribution in [2.24, 2.45) is 0 Å². The van der Waals surface area contributed by atoms with Crippen molar-refractivity contribution in [3.8, 4) is 11.1 Å². The molecule has 1 spiro atoms. The quantitative estimate of drug-likeness (QED) is 0.601. The molecule has 2 amide bonds. The number of hydrogen-bond acceptors (Lipinski definition) is 3. The summed E-state index contributed by atoms with van der Waals surface area (Å²) >= 11 is 0. The van der Waals surface area contributed by atoms with E-state index in [0.717, 1.165) is 16.7 Å². The van der Waals surface area contributed by atoms with E-state index in [2.05, 4.69) is 0 Å². The highest BCUT2D eigenvalue weighted by molar-refractivity contribution is 6.01. The zero-order valence-electron chi connectivity index (χ0n) is 17.5. The Balaban J connectivity index is 1.31. The van der Waals surface area contributed by atoms with Crippen LogP contribution in [-0.4, -0.2) is 47.0 Å². The Morgan fingerprint density at radius 2 is 1.66 bits per heavy atom. The van der Waals surface area contributed by atoms with E-state index in [1.54, 1.807) is 21.9 Å². The largest absolute Gasteiger partial charge is 0.439 e. The second-order valence-electron chi connectivity index (χ2n) is 8.42. The normalized spacial score (nSPS) is 20.1. The molecule has 1 atom stereocenters. The van der Waals surface area contributed by atoms with E-state index in [9.17, 15) is 14.0 Å². The van der Waals surface area contributed by atoms with Gasteiger partial charge in [0.05, 0.1) is 13.1 Å².